The van der Waals surface area contributed by atoms with E-state index in [4.69, 9.17) is 0 Å². The zero-order valence-electron chi connectivity index (χ0n) is 18.2. The van der Waals surface area contributed by atoms with Crippen LogP contribution in [0.1, 0.15) is 48.9 Å². The van der Waals surface area contributed by atoms with Gasteiger partial charge in [-0.05, 0) is 84.6 Å². The molecule has 3 rings (SSSR count). The van der Waals surface area contributed by atoms with Crippen molar-refractivity contribution in [1.29, 1.82) is 0 Å². The van der Waals surface area contributed by atoms with E-state index in [9.17, 15) is 17.6 Å². The number of aliphatic imine (C=N–C) groups is 1. The molecule has 1 nitrogen and oxygen atoms in total. The highest BCUT2D eigenvalue weighted by molar-refractivity contribution is 7.78. The van der Waals surface area contributed by atoms with Crippen LogP contribution in [0.25, 0.3) is 11.1 Å². The number of hydrogen-bond acceptors (Lipinski definition) is 2. The number of halogens is 4. The third-order valence-electron chi connectivity index (χ3n) is 5.26. The molecule has 0 aromatic heterocycles. The van der Waals surface area contributed by atoms with E-state index in [0.717, 1.165) is 12.0 Å². The lowest BCUT2D eigenvalue weighted by Gasteiger charge is -2.09. The van der Waals surface area contributed by atoms with Crippen LogP contribution in [0.5, 0.6) is 0 Å². The molecule has 0 bridgehead atoms. The standard InChI is InChI=1S/C27H21F4NS/c1-3-5-6-22-23(28)11-17(12-24(22)29)7-8-19-9-10-20(13-18(19)4-2)21-14-25(30)27(32-16-33)26(31)15-21/h9-15H,3-6H2,1-2H3. The van der Waals surface area contributed by atoms with Gasteiger partial charge in [0.05, 0.1) is 5.16 Å². The van der Waals surface area contributed by atoms with Crippen molar-refractivity contribution in [2.45, 2.75) is 39.5 Å². The molecule has 0 saturated carbocycles. The van der Waals surface area contributed by atoms with Crippen LogP contribution in [0.15, 0.2) is 47.5 Å². The first-order chi connectivity index (χ1) is 15.9. The van der Waals surface area contributed by atoms with Crippen LogP contribution >= 0.6 is 12.2 Å². The second-order valence-corrected chi connectivity index (χ2v) is 7.67. The van der Waals surface area contributed by atoms with Gasteiger partial charge in [-0.1, -0.05) is 38.2 Å². The molecule has 6 heteroatoms. The van der Waals surface area contributed by atoms with Gasteiger partial charge in [-0.3, -0.25) is 0 Å². The van der Waals surface area contributed by atoms with Crippen LogP contribution in [0.3, 0.4) is 0 Å². The first kappa shape index (κ1) is 24.4. The summed E-state index contributed by atoms with van der Waals surface area (Å²) >= 11 is 4.42. The highest BCUT2D eigenvalue weighted by Crippen LogP contribution is 2.30. The van der Waals surface area contributed by atoms with Gasteiger partial charge in [0.2, 0.25) is 0 Å². The van der Waals surface area contributed by atoms with Crippen LogP contribution in [0.2, 0.25) is 0 Å². The fraction of sp³-hybridized carbons (Fsp3) is 0.222. The maximum absolute atomic E-state index is 14.3. The molecule has 3 aromatic rings. The average Bonchev–Trinajstić information content (AvgIpc) is 2.79. The van der Waals surface area contributed by atoms with Crippen molar-refractivity contribution >= 4 is 23.1 Å². The summed E-state index contributed by atoms with van der Waals surface area (Å²) in [5.41, 5.74) is 2.30. The minimum atomic E-state index is -0.837. The number of thiocarbonyl (C=S) groups is 1. The molecule has 0 atom stereocenters. The first-order valence-corrected chi connectivity index (χ1v) is 11.0. The van der Waals surface area contributed by atoms with Crippen molar-refractivity contribution in [1.82, 2.24) is 0 Å². The van der Waals surface area contributed by atoms with Crippen molar-refractivity contribution < 1.29 is 17.6 Å². The normalized spacial score (nSPS) is 10.4. The summed E-state index contributed by atoms with van der Waals surface area (Å²) in [5, 5.41) is 1.96. The molecular weight excluding hydrogens is 446 g/mol. The monoisotopic (exact) mass is 467 g/mol. The molecule has 0 fully saturated rings. The second kappa shape index (κ2) is 11.0. The molecule has 0 radical (unpaired) electrons. The van der Waals surface area contributed by atoms with Gasteiger partial charge in [0, 0.05) is 16.7 Å². The number of benzene rings is 3. The maximum atomic E-state index is 14.3. The number of nitrogens with zero attached hydrogens (tertiary/aromatic N) is 1. The Morgan fingerprint density at radius 2 is 1.48 bits per heavy atom. The van der Waals surface area contributed by atoms with Crippen LogP contribution in [0.4, 0.5) is 23.2 Å². The Morgan fingerprint density at radius 3 is 2.06 bits per heavy atom. The van der Waals surface area contributed by atoms with Gasteiger partial charge >= 0.3 is 0 Å². The molecule has 0 amide bonds. The zero-order valence-corrected chi connectivity index (χ0v) is 19.1. The Balaban J connectivity index is 1.94. The highest BCUT2D eigenvalue weighted by atomic mass is 32.1. The molecule has 0 heterocycles. The smallest absolute Gasteiger partial charge is 0.153 e. The predicted molar refractivity (Wildman–Crippen MR) is 127 cm³/mol. The molecule has 0 aliphatic rings. The molecule has 0 unspecified atom stereocenters. The lowest BCUT2D eigenvalue weighted by Crippen LogP contribution is -1.97. The molecular formula is C27H21F4NS. The second-order valence-electron chi connectivity index (χ2n) is 7.49. The van der Waals surface area contributed by atoms with Crippen LogP contribution in [-0.4, -0.2) is 5.16 Å². The van der Waals surface area contributed by atoms with Gasteiger partial charge in [0.15, 0.2) is 11.6 Å². The van der Waals surface area contributed by atoms with E-state index >= 15 is 0 Å². The van der Waals surface area contributed by atoms with Gasteiger partial charge in [0.25, 0.3) is 0 Å². The lowest BCUT2D eigenvalue weighted by atomic mass is 9.97. The third-order valence-corrected chi connectivity index (χ3v) is 5.35. The molecule has 0 aliphatic heterocycles. The predicted octanol–water partition coefficient (Wildman–Crippen LogP) is 7.95. The maximum Gasteiger partial charge on any atom is 0.153 e. The Kier molecular flexibility index (Phi) is 8.16. The van der Waals surface area contributed by atoms with Crippen molar-refractivity contribution in [2.75, 3.05) is 0 Å². The number of isothiocyanates is 1. The van der Waals surface area contributed by atoms with Gasteiger partial charge in [-0.2, -0.15) is 4.99 Å². The van der Waals surface area contributed by atoms with E-state index in [2.05, 4.69) is 29.1 Å². The molecule has 3 aromatic carbocycles. The summed E-state index contributed by atoms with van der Waals surface area (Å²) in [7, 11) is 0. The van der Waals surface area contributed by atoms with E-state index in [1.165, 1.54) is 24.3 Å². The largest absolute Gasteiger partial charge is 0.207 e. The number of unbranched alkanes of at least 4 members (excludes halogenated alkanes) is 1. The Labute approximate surface area is 196 Å². The van der Waals surface area contributed by atoms with E-state index in [1.54, 1.807) is 18.2 Å². The quantitative estimate of drug-likeness (QED) is 0.155. The third kappa shape index (κ3) is 5.76. The van der Waals surface area contributed by atoms with Crippen LogP contribution in [-0.2, 0) is 12.8 Å². The van der Waals surface area contributed by atoms with E-state index in [1.807, 2.05) is 19.0 Å². The SMILES string of the molecule is CCCCc1c(F)cc(C#Cc2ccc(-c3cc(F)c(N=C=S)c(F)c3)cc2CC)cc1F. The number of hydrogen-bond donors (Lipinski definition) is 0. The molecule has 168 valence electrons. The molecule has 0 saturated heterocycles. The van der Waals surface area contributed by atoms with Gasteiger partial charge in [0.1, 0.15) is 17.3 Å². The van der Waals surface area contributed by atoms with Gasteiger partial charge in [-0.25, -0.2) is 17.6 Å². The number of rotatable bonds is 6. The fourth-order valence-corrected chi connectivity index (χ4v) is 3.57. The molecule has 0 spiro atoms. The van der Waals surface area contributed by atoms with E-state index < -0.39 is 29.0 Å². The zero-order chi connectivity index (χ0) is 24.0. The fourth-order valence-electron chi connectivity index (χ4n) is 3.48. The molecule has 33 heavy (non-hydrogen) atoms. The van der Waals surface area contributed by atoms with E-state index in [0.29, 0.717) is 36.0 Å². The lowest BCUT2D eigenvalue weighted by molar-refractivity contribution is 0.548. The average molecular weight is 468 g/mol. The summed E-state index contributed by atoms with van der Waals surface area (Å²) < 4.78 is 57.0. The Hall–Kier alpha value is -3.26. The summed E-state index contributed by atoms with van der Waals surface area (Å²) in [6.45, 7) is 3.88. The minimum Gasteiger partial charge on any atom is -0.207 e. The Bertz CT molecular complexity index is 1250. The van der Waals surface area contributed by atoms with Crippen molar-refractivity contribution in [3.8, 4) is 23.0 Å². The minimum absolute atomic E-state index is 0.0859. The summed E-state index contributed by atoms with van der Waals surface area (Å²) in [4.78, 5) is 3.42. The number of aryl methyl sites for hydroxylation is 1. The van der Waals surface area contributed by atoms with Crippen molar-refractivity contribution in [2.24, 2.45) is 4.99 Å². The summed E-state index contributed by atoms with van der Waals surface area (Å²) in [5.74, 6) is 2.92. The van der Waals surface area contributed by atoms with Crippen molar-refractivity contribution in [3.05, 3.63) is 88.0 Å². The van der Waals surface area contributed by atoms with Crippen LogP contribution in [0, 0.1) is 35.1 Å². The highest BCUT2D eigenvalue weighted by Gasteiger charge is 2.13. The van der Waals surface area contributed by atoms with Crippen molar-refractivity contribution in [3.63, 3.8) is 0 Å². The van der Waals surface area contributed by atoms with E-state index in [-0.39, 0.29) is 11.1 Å². The van der Waals surface area contributed by atoms with Crippen LogP contribution < -0.4 is 0 Å². The van der Waals surface area contributed by atoms with Gasteiger partial charge < -0.3 is 0 Å². The molecule has 0 aliphatic carbocycles. The molecule has 0 N–H and O–H groups in total. The Morgan fingerprint density at radius 1 is 0.818 bits per heavy atom. The topological polar surface area (TPSA) is 12.4 Å². The summed E-state index contributed by atoms with van der Waals surface area (Å²) in [6.07, 6.45) is 2.51. The summed E-state index contributed by atoms with van der Waals surface area (Å²) in [6, 6.07) is 10.1. The van der Waals surface area contributed by atoms with Gasteiger partial charge in [-0.15, -0.1) is 0 Å². The first-order valence-electron chi connectivity index (χ1n) is 10.6.